The van der Waals surface area contributed by atoms with Crippen LogP contribution in [0.25, 0.3) is 0 Å². The molecule has 0 spiro atoms. The second kappa shape index (κ2) is 20.2. The number of benzene rings is 1. The van der Waals surface area contributed by atoms with E-state index < -0.39 is 83.6 Å². The van der Waals surface area contributed by atoms with Gasteiger partial charge in [-0.15, -0.1) is 0 Å². The van der Waals surface area contributed by atoms with Crippen LogP contribution in [-0.4, -0.2) is 112 Å². The van der Waals surface area contributed by atoms with Crippen LogP contribution in [0.1, 0.15) is 104 Å². The molecule has 16 nitrogen and oxygen atoms in total. The summed E-state index contributed by atoms with van der Waals surface area (Å²) >= 11 is 0. The van der Waals surface area contributed by atoms with E-state index in [0.29, 0.717) is 38.8 Å². The number of Topliss-reactive ketones (excluding diaryl/α,β-unsaturated/α-hetero) is 1. The van der Waals surface area contributed by atoms with Crippen LogP contribution in [0.15, 0.2) is 24.3 Å². The minimum absolute atomic E-state index is 0.0225. The van der Waals surface area contributed by atoms with Crippen molar-refractivity contribution >= 4 is 47.4 Å². The van der Waals surface area contributed by atoms with Crippen molar-refractivity contribution in [2.45, 2.75) is 142 Å². The van der Waals surface area contributed by atoms with Gasteiger partial charge < -0.3 is 40.9 Å². The van der Waals surface area contributed by atoms with E-state index in [0.717, 1.165) is 24.0 Å². The minimum Gasteiger partial charge on any atom is -0.481 e. The lowest BCUT2D eigenvalue weighted by molar-refractivity contribution is -0.144. The molecule has 1 aliphatic carbocycles. The van der Waals surface area contributed by atoms with Gasteiger partial charge in [0.05, 0.1) is 12.6 Å². The van der Waals surface area contributed by atoms with Gasteiger partial charge in [-0.2, -0.15) is 0 Å². The molecule has 1 unspecified atom stereocenters. The molecule has 2 fully saturated rings. The van der Waals surface area contributed by atoms with Crippen molar-refractivity contribution in [1.82, 2.24) is 31.1 Å². The molecule has 0 bridgehead atoms. The van der Waals surface area contributed by atoms with Gasteiger partial charge in [0.15, 0.2) is 0 Å². The molecule has 6 amide bonds. The molecule has 1 saturated carbocycles. The smallest absolute Gasteiger partial charge is 0.410 e. The van der Waals surface area contributed by atoms with Crippen LogP contribution in [0.3, 0.4) is 0 Å². The third-order valence-electron chi connectivity index (χ3n) is 10.4. The molecular formula is C40H58N6O10. The van der Waals surface area contributed by atoms with Gasteiger partial charge in [-0.05, 0) is 61.5 Å². The van der Waals surface area contributed by atoms with Crippen molar-refractivity contribution in [3.05, 3.63) is 35.4 Å². The number of aliphatic carboxylic acids is 1. The van der Waals surface area contributed by atoms with Crippen molar-refractivity contribution in [2.24, 2.45) is 11.8 Å². The van der Waals surface area contributed by atoms with Gasteiger partial charge in [-0.3, -0.25) is 33.6 Å². The summed E-state index contributed by atoms with van der Waals surface area (Å²) < 4.78 is 5.92. The number of ketones is 1. The van der Waals surface area contributed by atoms with Crippen LogP contribution in [0.4, 0.5) is 4.79 Å². The highest BCUT2D eigenvalue weighted by Gasteiger charge is 2.46. The Morgan fingerprint density at radius 3 is 2.16 bits per heavy atom. The van der Waals surface area contributed by atoms with Crippen molar-refractivity contribution < 1.29 is 48.2 Å². The number of hydrogen-bond acceptors (Lipinski definition) is 9. The van der Waals surface area contributed by atoms with Crippen LogP contribution in [0.5, 0.6) is 0 Å². The van der Waals surface area contributed by atoms with E-state index in [9.17, 15) is 38.4 Å². The first-order chi connectivity index (χ1) is 26.6. The van der Waals surface area contributed by atoms with Gasteiger partial charge in [0.25, 0.3) is 5.91 Å². The Balaban J connectivity index is 1.51. The predicted octanol–water partition coefficient (Wildman–Crippen LogP) is 2.21. The van der Waals surface area contributed by atoms with E-state index in [1.54, 1.807) is 32.6 Å². The number of carboxylic acids is 1. The highest BCUT2D eigenvalue weighted by molar-refractivity contribution is 6.38. The van der Waals surface area contributed by atoms with Crippen molar-refractivity contribution in [2.75, 3.05) is 13.1 Å². The topological polar surface area (TPSA) is 221 Å². The molecule has 56 heavy (non-hydrogen) atoms. The zero-order chi connectivity index (χ0) is 41.1. The summed E-state index contributed by atoms with van der Waals surface area (Å²) in [5.74, 6) is -5.75. The molecule has 2 heterocycles. The Morgan fingerprint density at radius 1 is 0.875 bits per heavy atom. The molecule has 308 valence electrons. The van der Waals surface area contributed by atoms with E-state index >= 15 is 0 Å². The number of rotatable bonds is 19. The third kappa shape index (κ3) is 12.2. The number of fused-ring (bicyclic) bond motifs is 1. The van der Waals surface area contributed by atoms with Crippen molar-refractivity contribution in [1.29, 1.82) is 0 Å². The second-order valence-electron chi connectivity index (χ2n) is 15.8. The molecule has 3 aliphatic rings. The standard InChI is InChI=1S/C40H58N6O10/c1-6-11-29(35(50)38(53)41-27-16-17-27)42-36(51)30-20-28(56-40(55)45-19-18-25-12-7-8-13-26(25)21-45)22-46(30)39(54)34(24(4)5)44-37(52)33(23(2)3)43-31(47)14-9-10-15-32(48)49/h7-8,12-13,23-24,27-30,33-34H,6,9-11,14-22H2,1-5H3,(H,41,53)(H,42,51)(H,43,47)(H,44,52)(H,48,49)/t28-,29?,30+,33+,34+/m1/s1. The largest absolute Gasteiger partial charge is 0.481 e. The zero-order valence-corrected chi connectivity index (χ0v) is 33.1. The molecule has 16 heteroatoms. The SMILES string of the molecule is CCCC(NC(=O)[C@@H]1C[C@@H](OC(=O)N2CCc3ccccc3C2)CN1C(=O)[C@@H](NC(=O)[C@@H](NC(=O)CCCCC(=O)O)C(C)C)C(C)C)C(=O)C(=O)NC1CC1. The second-order valence-corrected chi connectivity index (χ2v) is 15.8. The summed E-state index contributed by atoms with van der Waals surface area (Å²) in [6, 6.07) is 3.23. The quantitative estimate of drug-likeness (QED) is 0.102. The van der Waals surface area contributed by atoms with Gasteiger partial charge in [0.1, 0.15) is 24.2 Å². The highest BCUT2D eigenvalue weighted by Crippen LogP contribution is 2.26. The van der Waals surface area contributed by atoms with Crippen molar-refractivity contribution in [3.63, 3.8) is 0 Å². The van der Waals surface area contributed by atoms with Gasteiger partial charge in [-0.1, -0.05) is 65.3 Å². The molecule has 1 aromatic rings. The van der Waals surface area contributed by atoms with Crippen LogP contribution < -0.4 is 21.3 Å². The maximum absolute atomic E-state index is 14.4. The fourth-order valence-corrected chi connectivity index (χ4v) is 6.99. The van der Waals surface area contributed by atoms with Crippen LogP contribution in [0, 0.1) is 11.8 Å². The fourth-order valence-electron chi connectivity index (χ4n) is 6.99. The average Bonchev–Trinajstić information content (AvgIpc) is 3.88. The first kappa shape index (κ1) is 43.7. The van der Waals surface area contributed by atoms with E-state index in [1.165, 1.54) is 4.90 Å². The number of nitrogens with zero attached hydrogens (tertiary/aromatic N) is 2. The number of carbonyl (C=O) groups excluding carboxylic acids is 7. The Labute approximate surface area is 328 Å². The maximum Gasteiger partial charge on any atom is 0.410 e. The van der Waals surface area contributed by atoms with Gasteiger partial charge in [-0.25, -0.2) is 4.79 Å². The van der Waals surface area contributed by atoms with E-state index in [2.05, 4.69) is 21.3 Å². The van der Waals surface area contributed by atoms with E-state index in [4.69, 9.17) is 9.84 Å². The molecule has 4 rings (SSSR count). The Hall–Kier alpha value is -5.02. The monoisotopic (exact) mass is 782 g/mol. The number of likely N-dealkylation sites (tertiary alicyclic amines) is 1. The highest BCUT2D eigenvalue weighted by atomic mass is 16.6. The van der Waals surface area contributed by atoms with Gasteiger partial charge in [0, 0.05) is 38.4 Å². The lowest BCUT2D eigenvalue weighted by Crippen LogP contribution is -2.59. The number of carboxylic acid groups (broad SMARTS) is 1. The summed E-state index contributed by atoms with van der Waals surface area (Å²) in [7, 11) is 0. The number of amides is 6. The molecule has 1 aromatic carbocycles. The molecule has 0 radical (unpaired) electrons. The first-order valence-electron chi connectivity index (χ1n) is 19.9. The molecular weight excluding hydrogens is 724 g/mol. The van der Waals surface area contributed by atoms with E-state index in [1.807, 2.05) is 31.2 Å². The Bertz CT molecular complexity index is 1630. The van der Waals surface area contributed by atoms with Crippen LogP contribution in [0.2, 0.25) is 0 Å². The number of unbranched alkanes of at least 4 members (excludes halogenated alkanes) is 1. The van der Waals surface area contributed by atoms with Crippen LogP contribution in [-0.2, 0) is 51.3 Å². The summed E-state index contributed by atoms with van der Waals surface area (Å²) in [6.07, 6.45) is 1.86. The lowest BCUT2D eigenvalue weighted by Gasteiger charge is -2.32. The summed E-state index contributed by atoms with van der Waals surface area (Å²) in [6.45, 7) is 9.33. The molecule has 5 N–H and O–H groups in total. The molecule has 1 saturated heterocycles. The molecule has 5 atom stereocenters. The average molecular weight is 783 g/mol. The summed E-state index contributed by atoms with van der Waals surface area (Å²) in [5.41, 5.74) is 2.14. The third-order valence-corrected chi connectivity index (χ3v) is 10.4. The zero-order valence-electron chi connectivity index (χ0n) is 33.1. The predicted molar refractivity (Wildman–Crippen MR) is 204 cm³/mol. The number of carbonyl (C=O) groups is 8. The summed E-state index contributed by atoms with van der Waals surface area (Å²) in [5, 5.41) is 19.7. The first-order valence-corrected chi connectivity index (χ1v) is 19.9. The Kier molecular flexibility index (Phi) is 15.8. The fraction of sp³-hybridized carbons (Fsp3) is 0.650. The van der Waals surface area contributed by atoms with Gasteiger partial charge in [0.2, 0.25) is 29.4 Å². The van der Waals surface area contributed by atoms with E-state index in [-0.39, 0.29) is 44.2 Å². The molecule has 0 aromatic heterocycles. The molecule has 2 aliphatic heterocycles. The number of ether oxygens (including phenoxy) is 1. The number of nitrogens with one attached hydrogen (secondary N) is 4. The Morgan fingerprint density at radius 2 is 1.54 bits per heavy atom. The number of hydrogen-bond donors (Lipinski definition) is 5. The van der Waals surface area contributed by atoms with Gasteiger partial charge >= 0.3 is 12.1 Å². The summed E-state index contributed by atoms with van der Waals surface area (Å²) in [4.78, 5) is 108. The normalized spacial score (nSPS) is 19.3. The van der Waals surface area contributed by atoms with Crippen LogP contribution >= 0.6 is 0 Å². The maximum atomic E-state index is 14.4. The van der Waals surface area contributed by atoms with Crippen molar-refractivity contribution in [3.8, 4) is 0 Å². The minimum atomic E-state index is -1.20. The lowest BCUT2D eigenvalue weighted by atomic mass is 9.98.